The van der Waals surface area contributed by atoms with Crippen LogP contribution in [0.4, 0.5) is 0 Å². The Kier molecular flexibility index (Phi) is 5.71. The van der Waals surface area contributed by atoms with Gasteiger partial charge in [0.05, 0.1) is 11.0 Å². The van der Waals surface area contributed by atoms with E-state index in [-0.39, 0.29) is 5.54 Å². The van der Waals surface area contributed by atoms with Crippen molar-refractivity contribution in [3.63, 3.8) is 0 Å². The lowest BCUT2D eigenvalue weighted by atomic mass is 10.0. The van der Waals surface area contributed by atoms with Crippen LogP contribution < -0.4 is 5.32 Å². The van der Waals surface area contributed by atoms with Gasteiger partial charge in [-0.15, -0.1) is 0 Å². The maximum atomic E-state index is 5.58. The number of furan rings is 1. The average molecular weight is 409 g/mol. The molecule has 0 radical (unpaired) electrons. The van der Waals surface area contributed by atoms with E-state index in [9.17, 15) is 0 Å². The van der Waals surface area contributed by atoms with Crippen molar-refractivity contribution in [3.05, 3.63) is 21.0 Å². The fraction of sp³-hybridized carbons (Fsp3) is 0.714. The van der Waals surface area contributed by atoms with Gasteiger partial charge in [-0.1, -0.05) is 0 Å². The monoisotopic (exact) mass is 407 g/mol. The first kappa shape index (κ1) is 16.5. The lowest BCUT2D eigenvalue weighted by Gasteiger charge is -2.43. The summed E-state index contributed by atoms with van der Waals surface area (Å²) in [5.74, 6) is 0.943. The maximum Gasteiger partial charge on any atom is 0.183 e. The zero-order valence-corrected chi connectivity index (χ0v) is 15.6. The fourth-order valence-corrected chi connectivity index (χ4v) is 3.15. The zero-order valence-electron chi connectivity index (χ0n) is 12.4. The normalized spacial score (nSPS) is 18.6. The number of nitrogens with one attached hydrogen (secondary N) is 1. The summed E-state index contributed by atoms with van der Waals surface area (Å²) in [4.78, 5) is 4.95. The highest BCUT2D eigenvalue weighted by molar-refractivity contribution is 9.13. The molecule has 0 aliphatic carbocycles. The number of halogens is 2. The van der Waals surface area contributed by atoms with Crippen LogP contribution in [0.3, 0.4) is 0 Å². The van der Waals surface area contributed by atoms with Crippen LogP contribution in [-0.2, 0) is 6.54 Å². The molecule has 0 unspecified atom stereocenters. The minimum absolute atomic E-state index is 0.169. The van der Waals surface area contributed by atoms with E-state index >= 15 is 0 Å². The lowest BCUT2D eigenvalue weighted by molar-refractivity contribution is 0.0615. The van der Waals surface area contributed by atoms with Gasteiger partial charge in [0.25, 0.3) is 0 Å². The van der Waals surface area contributed by atoms with Crippen LogP contribution in [0.2, 0.25) is 0 Å². The highest BCUT2D eigenvalue weighted by atomic mass is 79.9. The third kappa shape index (κ3) is 4.31. The third-order valence-electron chi connectivity index (χ3n) is 3.91. The van der Waals surface area contributed by atoms with Gasteiger partial charge in [0, 0.05) is 38.3 Å². The first-order valence-corrected chi connectivity index (χ1v) is 8.55. The van der Waals surface area contributed by atoms with Gasteiger partial charge in [-0.05, 0) is 58.8 Å². The second-order valence-corrected chi connectivity index (χ2v) is 7.62. The summed E-state index contributed by atoms with van der Waals surface area (Å²) in [5, 5.41) is 3.50. The smallest absolute Gasteiger partial charge is 0.183 e. The first-order chi connectivity index (χ1) is 9.38. The number of hydrogen-bond donors (Lipinski definition) is 1. The Morgan fingerprint density at radius 2 is 1.90 bits per heavy atom. The highest BCUT2D eigenvalue weighted by Gasteiger charge is 2.28. The molecule has 1 N–H and O–H groups in total. The molecular weight excluding hydrogens is 386 g/mol. The predicted octanol–water partition coefficient (Wildman–Crippen LogP) is 2.92. The van der Waals surface area contributed by atoms with Crippen LogP contribution in [0.25, 0.3) is 0 Å². The van der Waals surface area contributed by atoms with E-state index in [4.69, 9.17) is 4.42 Å². The lowest BCUT2D eigenvalue weighted by Crippen LogP contribution is -2.57. The van der Waals surface area contributed by atoms with Gasteiger partial charge in [0.1, 0.15) is 5.76 Å². The van der Waals surface area contributed by atoms with E-state index in [1.54, 1.807) is 0 Å². The van der Waals surface area contributed by atoms with E-state index in [1.807, 2.05) is 6.07 Å². The molecule has 6 heteroatoms. The zero-order chi connectivity index (χ0) is 14.8. The van der Waals surface area contributed by atoms with E-state index in [1.165, 1.54) is 0 Å². The van der Waals surface area contributed by atoms with Gasteiger partial charge in [-0.3, -0.25) is 4.90 Å². The Morgan fingerprint density at radius 3 is 2.45 bits per heavy atom. The molecule has 1 aliphatic heterocycles. The van der Waals surface area contributed by atoms with Crippen LogP contribution >= 0.6 is 31.9 Å². The van der Waals surface area contributed by atoms with Gasteiger partial charge in [-0.2, -0.15) is 0 Å². The van der Waals surface area contributed by atoms with Crippen LogP contribution in [0, 0.1) is 0 Å². The summed E-state index contributed by atoms with van der Waals surface area (Å²) in [6.45, 7) is 10.9. The molecule has 0 aromatic carbocycles. The minimum atomic E-state index is 0.169. The van der Waals surface area contributed by atoms with Gasteiger partial charge in [-0.25, -0.2) is 0 Å². The second-order valence-electron chi connectivity index (χ2n) is 6.04. The molecule has 114 valence electrons. The Bertz CT molecular complexity index is 420. The summed E-state index contributed by atoms with van der Waals surface area (Å²) < 4.78 is 7.30. The van der Waals surface area contributed by atoms with Crippen LogP contribution in [-0.4, -0.2) is 55.1 Å². The Morgan fingerprint density at radius 1 is 1.25 bits per heavy atom. The molecule has 0 amide bonds. The minimum Gasteiger partial charge on any atom is -0.452 e. The third-order valence-corrected chi connectivity index (χ3v) is 5.62. The van der Waals surface area contributed by atoms with Crippen molar-refractivity contribution in [1.29, 1.82) is 0 Å². The Balaban J connectivity index is 1.80. The van der Waals surface area contributed by atoms with E-state index in [0.29, 0.717) is 0 Å². The molecule has 1 fully saturated rings. The van der Waals surface area contributed by atoms with E-state index in [2.05, 4.69) is 67.9 Å². The summed E-state index contributed by atoms with van der Waals surface area (Å²) in [7, 11) is 2.19. The van der Waals surface area contributed by atoms with Crippen molar-refractivity contribution in [2.45, 2.75) is 25.9 Å². The number of nitrogens with zero attached hydrogens (tertiary/aromatic N) is 2. The molecule has 0 saturated carbocycles. The van der Waals surface area contributed by atoms with Gasteiger partial charge in [0.2, 0.25) is 0 Å². The average Bonchev–Trinajstić information content (AvgIpc) is 2.69. The van der Waals surface area contributed by atoms with Crippen molar-refractivity contribution in [1.82, 2.24) is 15.1 Å². The largest absolute Gasteiger partial charge is 0.452 e. The summed E-state index contributed by atoms with van der Waals surface area (Å²) in [5.41, 5.74) is 0.169. The Labute approximate surface area is 138 Å². The van der Waals surface area contributed by atoms with E-state index in [0.717, 1.165) is 54.2 Å². The second kappa shape index (κ2) is 6.92. The first-order valence-electron chi connectivity index (χ1n) is 6.96. The summed E-state index contributed by atoms with van der Waals surface area (Å²) in [6, 6.07) is 2.00. The van der Waals surface area contributed by atoms with Crippen molar-refractivity contribution in [2.75, 3.05) is 39.8 Å². The fourth-order valence-electron chi connectivity index (χ4n) is 2.49. The molecule has 1 aliphatic rings. The molecule has 2 heterocycles. The number of hydrogen-bond acceptors (Lipinski definition) is 4. The molecule has 2 rings (SSSR count). The molecule has 1 saturated heterocycles. The molecule has 1 aromatic rings. The maximum absolute atomic E-state index is 5.58. The highest BCUT2D eigenvalue weighted by Crippen LogP contribution is 2.26. The SMILES string of the molecule is CN1CCN(C(C)(C)CNCc2cc(Br)c(Br)o2)CC1. The van der Waals surface area contributed by atoms with Crippen LogP contribution in [0.15, 0.2) is 19.6 Å². The number of piperazine rings is 1. The van der Waals surface area contributed by atoms with Crippen LogP contribution in [0.5, 0.6) is 0 Å². The van der Waals surface area contributed by atoms with Gasteiger partial charge in [0.15, 0.2) is 4.67 Å². The van der Waals surface area contributed by atoms with Gasteiger partial charge >= 0.3 is 0 Å². The van der Waals surface area contributed by atoms with Crippen molar-refractivity contribution in [3.8, 4) is 0 Å². The van der Waals surface area contributed by atoms with Gasteiger partial charge < -0.3 is 14.6 Å². The Hall–Kier alpha value is 0.120. The van der Waals surface area contributed by atoms with E-state index < -0.39 is 0 Å². The number of likely N-dealkylation sites (N-methyl/N-ethyl adjacent to an activating group) is 1. The number of rotatable bonds is 5. The molecular formula is C14H23Br2N3O. The van der Waals surface area contributed by atoms with Crippen molar-refractivity contribution >= 4 is 31.9 Å². The molecule has 20 heavy (non-hydrogen) atoms. The molecule has 0 bridgehead atoms. The quantitative estimate of drug-likeness (QED) is 0.811. The summed E-state index contributed by atoms with van der Waals surface area (Å²) >= 11 is 6.80. The molecule has 0 spiro atoms. The molecule has 1 aromatic heterocycles. The van der Waals surface area contributed by atoms with Crippen molar-refractivity contribution < 1.29 is 4.42 Å². The predicted molar refractivity (Wildman–Crippen MR) is 89.0 cm³/mol. The molecule has 0 atom stereocenters. The molecule has 4 nitrogen and oxygen atoms in total. The van der Waals surface area contributed by atoms with Crippen molar-refractivity contribution in [2.24, 2.45) is 0 Å². The standard InChI is InChI=1S/C14H23Br2N3O/c1-14(2,19-6-4-18(3)5-7-19)10-17-9-11-8-12(15)13(16)20-11/h8,17H,4-7,9-10H2,1-3H3. The topological polar surface area (TPSA) is 31.6 Å². The van der Waals surface area contributed by atoms with Crippen LogP contribution in [0.1, 0.15) is 19.6 Å². The summed E-state index contributed by atoms with van der Waals surface area (Å²) in [6.07, 6.45) is 0.